The number of rotatable bonds is 30. The Bertz CT molecular complexity index is 1560. The molecule has 2 atom stereocenters. The van der Waals surface area contributed by atoms with Crippen molar-refractivity contribution in [3.05, 3.63) is 0 Å². The van der Waals surface area contributed by atoms with Crippen LogP contribution in [0.1, 0.15) is 65.2 Å². The van der Waals surface area contributed by atoms with E-state index in [1.165, 1.54) is 0 Å². The normalized spacial score (nSPS) is 13.8. The van der Waals surface area contributed by atoms with Gasteiger partial charge in [-0.25, -0.2) is 9.59 Å². The number of hydrogen-bond donors (Lipinski definition) is 6. The van der Waals surface area contributed by atoms with E-state index in [2.05, 4.69) is 31.9 Å². The number of likely N-dealkylation sites (tertiary alicyclic amines) is 2. The first-order valence-electron chi connectivity index (χ1n) is 21.0. The van der Waals surface area contributed by atoms with Crippen LogP contribution in [0.4, 0.5) is 90.5 Å². The minimum atomic E-state index is -1.13. The number of amides is 10. The van der Waals surface area contributed by atoms with E-state index in [9.17, 15) is 60.5 Å². The summed E-state index contributed by atoms with van der Waals surface area (Å²) < 4.78 is 170. The Morgan fingerprint density at radius 3 is 1.13 bits per heavy atom. The number of hydrogen-bond acceptors (Lipinski definition) is 16. The van der Waals surface area contributed by atoms with Gasteiger partial charge in [0.2, 0.25) is 47.3 Å². The summed E-state index contributed by atoms with van der Waals surface area (Å²) in [5.41, 5.74) is 0. The molecule has 2 saturated heterocycles. The minimum absolute atomic E-state index is 0.0613. The lowest BCUT2D eigenvalue weighted by atomic mass is 9.92. The standard InChI is InChI=1S/C36H54F2N8O14S2.8F2/c1-3-39-35(56)59-20-23(21-60-36(57)40-4-2)58-15-5-6-24(47)22(16-29(50)43-11-9-41-27(48)7-13-45-31(52)18-25(61-37)33(45)54)17-30(51)44-12-10-42-28(49)8-14-46-32(53)19-26(62-38)34(46)55;8*1-2/h22-23,25-26H,3-21H2,1-2H3,(H,39,56)(H,40,57)(H,41,48)(H,42,49)(H,43,50)(H,44,51);;;;;;;;. The zero-order valence-corrected chi connectivity index (χ0v) is 42.1. The van der Waals surface area contributed by atoms with E-state index in [1.807, 2.05) is 0 Å². The van der Waals surface area contributed by atoms with E-state index >= 15 is 0 Å². The zero-order chi connectivity index (χ0) is 62.0. The van der Waals surface area contributed by atoms with Crippen molar-refractivity contribution in [2.45, 2.75) is 81.8 Å². The number of ketones is 1. The lowest BCUT2D eigenvalue weighted by Gasteiger charge is -2.19. The lowest BCUT2D eigenvalue weighted by Crippen LogP contribution is -2.39. The molecule has 2 heterocycles. The molecule has 2 rings (SSSR count). The second-order valence-electron chi connectivity index (χ2n) is 13.7. The smallest absolute Gasteiger partial charge is 0.407 e. The van der Waals surface area contributed by atoms with Crippen LogP contribution >= 0.6 is 24.3 Å². The van der Waals surface area contributed by atoms with Gasteiger partial charge in [-0.15, -0.1) is 0 Å². The molecule has 2 fully saturated rings. The predicted molar refractivity (Wildman–Crippen MR) is 233 cm³/mol. The van der Waals surface area contributed by atoms with Gasteiger partial charge in [0, 0.05) is 170 Å². The lowest BCUT2D eigenvalue weighted by molar-refractivity contribution is -0.140. The SMILES string of the molecule is CCNC(=O)OCC(COC(=O)NCC)OCCCC(=O)C(CC(=O)NCCNC(=O)CCN1C(=O)CC(SF)C1=O)CC(=O)NCCNC(=O)CCN1C(=O)CC(SF)C1=O.FF.FF.FF.FF.FF.FF.FF.FF. The summed E-state index contributed by atoms with van der Waals surface area (Å²) in [6.45, 7) is 2.60. The molecule has 0 bridgehead atoms. The van der Waals surface area contributed by atoms with Crippen molar-refractivity contribution >= 4 is 89.5 Å². The van der Waals surface area contributed by atoms with Crippen LogP contribution in [-0.2, 0) is 57.4 Å². The van der Waals surface area contributed by atoms with Gasteiger partial charge in [0.25, 0.3) is 0 Å². The largest absolute Gasteiger partial charge is 0.447 e. The average Bonchev–Trinajstić information content (AvgIpc) is 3.92. The molecule has 0 aromatic carbocycles. The van der Waals surface area contributed by atoms with Gasteiger partial charge in [-0.2, -0.15) is 7.77 Å². The Morgan fingerprint density at radius 1 is 0.513 bits per heavy atom. The van der Waals surface area contributed by atoms with E-state index in [-0.39, 0.29) is 122 Å². The Hall–Kier alpha value is -6.23. The van der Waals surface area contributed by atoms with Crippen molar-refractivity contribution in [3.8, 4) is 0 Å². The Balaban J connectivity index is -0.000000574. The van der Waals surface area contributed by atoms with Crippen molar-refractivity contribution in [2.75, 3.05) is 72.2 Å². The van der Waals surface area contributed by atoms with Crippen LogP contribution in [0.2, 0.25) is 0 Å². The van der Waals surface area contributed by atoms with E-state index in [0.717, 1.165) is 9.80 Å². The second kappa shape index (κ2) is 61.6. The number of Topliss-reactive ketones (excluding diaryl/α,β-unsaturated/α-hetero) is 1. The number of carbonyl (C=O) groups excluding carboxylic acids is 11. The molecule has 0 saturated carbocycles. The first kappa shape index (κ1) is 85.7. The molecule has 2 aliphatic rings. The van der Waals surface area contributed by atoms with E-state index in [0.29, 0.717) is 13.1 Å². The molecule has 460 valence electrons. The summed E-state index contributed by atoms with van der Waals surface area (Å²) in [5.74, 6) is -6.56. The van der Waals surface area contributed by atoms with Crippen molar-refractivity contribution in [2.24, 2.45) is 5.92 Å². The monoisotopic (exact) mass is 1230 g/mol. The van der Waals surface area contributed by atoms with Crippen LogP contribution in [-0.4, -0.2) is 164 Å². The minimum Gasteiger partial charge on any atom is -0.447 e. The molecule has 42 heteroatoms. The van der Waals surface area contributed by atoms with Crippen molar-refractivity contribution in [1.29, 1.82) is 0 Å². The highest BCUT2D eigenvalue weighted by atomic mass is 32.2. The van der Waals surface area contributed by atoms with Gasteiger partial charge in [-0.3, -0.25) is 53.0 Å². The molecule has 2 aliphatic heterocycles. The summed E-state index contributed by atoms with van der Waals surface area (Å²) in [6.07, 6.45) is -4.34. The Labute approximate surface area is 438 Å². The molecule has 6 N–H and O–H groups in total. The van der Waals surface area contributed by atoms with Crippen LogP contribution < -0.4 is 31.9 Å². The molecule has 0 aromatic heterocycles. The van der Waals surface area contributed by atoms with Gasteiger partial charge in [0.1, 0.15) is 35.6 Å². The van der Waals surface area contributed by atoms with Crippen molar-refractivity contribution in [3.63, 3.8) is 0 Å². The molecule has 78 heavy (non-hydrogen) atoms. The van der Waals surface area contributed by atoms with Crippen LogP contribution in [0.25, 0.3) is 0 Å². The van der Waals surface area contributed by atoms with Crippen LogP contribution in [0.15, 0.2) is 0 Å². The van der Waals surface area contributed by atoms with Crippen LogP contribution in [0.3, 0.4) is 0 Å². The summed E-state index contributed by atoms with van der Waals surface area (Å²) >= 11 is -0.475. The average molecular weight is 1230 g/mol. The molecule has 0 aromatic rings. The van der Waals surface area contributed by atoms with E-state index in [4.69, 9.17) is 87.4 Å². The maximum Gasteiger partial charge on any atom is 0.407 e. The zero-order valence-electron chi connectivity index (χ0n) is 40.5. The fourth-order valence-corrected chi connectivity index (χ4v) is 6.61. The molecular formula is C36H54F18N8O14S2. The number of nitrogens with one attached hydrogen (secondary N) is 6. The molecule has 0 aliphatic carbocycles. The van der Waals surface area contributed by atoms with Gasteiger partial charge in [0.15, 0.2) is 0 Å². The summed E-state index contributed by atoms with van der Waals surface area (Å²) in [6, 6.07) is 0. The molecule has 0 spiro atoms. The molecule has 0 radical (unpaired) electrons. The van der Waals surface area contributed by atoms with Crippen LogP contribution in [0.5, 0.6) is 0 Å². The molecular weight excluding hydrogens is 1170 g/mol. The molecule has 10 amide bonds. The number of carbonyl (C=O) groups is 11. The third kappa shape index (κ3) is 41.9. The number of alkyl carbamates (subject to hydrolysis) is 2. The first-order valence-corrected chi connectivity index (χ1v) is 22.6. The fourth-order valence-electron chi connectivity index (χ4n) is 5.79. The fraction of sp³-hybridized carbons (Fsp3) is 0.694. The topological polar surface area (TPSA) is 294 Å². The van der Waals surface area contributed by atoms with Gasteiger partial charge >= 0.3 is 12.2 Å². The number of nitrogens with zero attached hydrogens (tertiary/aromatic N) is 2. The number of imide groups is 2. The summed E-state index contributed by atoms with van der Waals surface area (Å²) in [7, 11) is 0. The highest BCUT2D eigenvalue weighted by Crippen LogP contribution is 2.26. The second-order valence-corrected chi connectivity index (χ2v) is 15.2. The first-order chi connectivity index (χ1) is 37.6. The van der Waals surface area contributed by atoms with E-state index < -0.39 is 101 Å². The third-order valence-electron chi connectivity index (χ3n) is 8.97. The quantitative estimate of drug-likeness (QED) is 0.0270. The Morgan fingerprint density at radius 2 is 0.833 bits per heavy atom. The predicted octanol–water partition coefficient (Wildman–Crippen LogP) is 6.07. The number of halogens is 18. The summed E-state index contributed by atoms with van der Waals surface area (Å²) in [4.78, 5) is 137. The maximum absolute atomic E-state index is 13.4. The third-order valence-corrected chi connectivity index (χ3v) is 10.1. The highest BCUT2D eigenvalue weighted by Gasteiger charge is 2.40. The molecule has 22 nitrogen and oxygen atoms in total. The Kier molecular flexibility index (Phi) is 67.7. The number of ether oxygens (including phenoxy) is 3. The van der Waals surface area contributed by atoms with E-state index in [1.54, 1.807) is 13.8 Å². The highest BCUT2D eigenvalue weighted by molar-refractivity contribution is 7.96. The van der Waals surface area contributed by atoms with Gasteiger partial charge in [-0.05, 0) is 20.3 Å². The van der Waals surface area contributed by atoms with Gasteiger partial charge in [0.05, 0.1) is 37.1 Å². The van der Waals surface area contributed by atoms with Gasteiger partial charge < -0.3 is 46.1 Å². The molecule has 2 unspecified atom stereocenters. The van der Waals surface area contributed by atoms with Crippen LogP contribution in [0, 0.1) is 5.92 Å². The van der Waals surface area contributed by atoms with Crippen molar-refractivity contribution in [1.82, 2.24) is 41.7 Å². The summed E-state index contributed by atoms with van der Waals surface area (Å²) in [5, 5.41) is 12.7. The van der Waals surface area contributed by atoms with Crippen molar-refractivity contribution < 1.29 is 148 Å². The maximum atomic E-state index is 13.4. The van der Waals surface area contributed by atoms with Gasteiger partial charge in [-0.1, -0.05) is 0 Å².